The summed E-state index contributed by atoms with van der Waals surface area (Å²) in [6, 6.07) is 0.309. The third-order valence-corrected chi connectivity index (χ3v) is 9.34. The molecule has 2 N–H and O–H groups in total. The second-order valence-electron chi connectivity index (χ2n) is 9.96. The van der Waals surface area contributed by atoms with Crippen LogP contribution in [0, 0.1) is 34.5 Å². The number of amides is 1. The summed E-state index contributed by atoms with van der Waals surface area (Å²) >= 11 is 5.74. The number of hydrogen-bond acceptors (Lipinski definition) is 2. The minimum atomic E-state index is -0.0647. The first-order valence-electron chi connectivity index (χ1n) is 10.4. The van der Waals surface area contributed by atoms with E-state index in [1.54, 1.807) is 0 Å². The van der Waals surface area contributed by atoms with Gasteiger partial charge in [0.15, 0.2) is 0 Å². The van der Waals surface area contributed by atoms with Crippen LogP contribution >= 0.6 is 11.6 Å². The van der Waals surface area contributed by atoms with Crippen molar-refractivity contribution in [2.75, 3.05) is 5.88 Å². The first-order chi connectivity index (χ1) is 11.9. The molecule has 4 rings (SSSR count). The average molecular weight is 368 g/mol. The summed E-state index contributed by atoms with van der Waals surface area (Å²) in [6.07, 6.45) is 10.7. The molecular formula is C21H34ClNO2. The van der Waals surface area contributed by atoms with Crippen LogP contribution in [0.1, 0.15) is 71.6 Å². The minimum Gasteiger partial charge on any atom is -0.393 e. The first kappa shape index (κ1) is 18.1. The van der Waals surface area contributed by atoms with E-state index in [9.17, 15) is 9.90 Å². The molecule has 0 unspecified atom stereocenters. The van der Waals surface area contributed by atoms with Crippen molar-refractivity contribution in [2.45, 2.75) is 83.8 Å². The topological polar surface area (TPSA) is 49.3 Å². The Balaban J connectivity index is 1.55. The zero-order valence-electron chi connectivity index (χ0n) is 15.8. The zero-order chi connectivity index (χ0) is 17.8. The number of hydrogen-bond donors (Lipinski definition) is 2. The van der Waals surface area contributed by atoms with Gasteiger partial charge in [-0.25, -0.2) is 0 Å². The van der Waals surface area contributed by atoms with Gasteiger partial charge in [0.1, 0.15) is 5.88 Å². The van der Waals surface area contributed by atoms with Crippen molar-refractivity contribution in [2.24, 2.45) is 34.5 Å². The normalized spacial score (nSPS) is 52.0. The molecular weight excluding hydrogens is 334 g/mol. The third kappa shape index (κ3) is 2.76. The molecule has 0 heterocycles. The van der Waals surface area contributed by atoms with E-state index in [1.165, 1.54) is 38.5 Å². The molecule has 142 valence electrons. The Morgan fingerprint density at radius 1 is 1.04 bits per heavy atom. The standard InChI is InChI=1S/C21H34ClNO2/c1-20-9-7-14(24)11-13(20)3-4-15-16-5-6-18(23-19(25)12-22)21(16,2)10-8-17(15)20/h13-18,24H,3-12H2,1-2H3,(H,23,25)/t13-,14-,15+,16+,17-,18+,20-,21-/m0/s1. The quantitative estimate of drug-likeness (QED) is 0.721. The van der Waals surface area contributed by atoms with Crippen LogP contribution in [0.4, 0.5) is 0 Å². The maximum Gasteiger partial charge on any atom is 0.235 e. The number of rotatable bonds is 2. The molecule has 0 radical (unpaired) electrons. The monoisotopic (exact) mass is 367 g/mol. The molecule has 0 bridgehead atoms. The summed E-state index contributed by atoms with van der Waals surface area (Å²) in [4.78, 5) is 11.9. The van der Waals surface area contributed by atoms with Gasteiger partial charge in [-0.05, 0) is 92.3 Å². The predicted octanol–water partition coefficient (Wildman–Crippen LogP) is 4.11. The highest BCUT2D eigenvalue weighted by molar-refractivity contribution is 6.27. The molecule has 25 heavy (non-hydrogen) atoms. The van der Waals surface area contributed by atoms with Crippen molar-refractivity contribution in [3.63, 3.8) is 0 Å². The minimum absolute atomic E-state index is 0.00685. The smallest absolute Gasteiger partial charge is 0.235 e. The number of carbonyl (C=O) groups is 1. The van der Waals surface area contributed by atoms with Gasteiger partial charge in [-0.1, -0.05) is 13.8 Å². The van der Waals surface area contributed by atoms with Crippen molar-refractivity contribution in [1.29, 1.82) is 0 Å². The van der Waals surface area contributed by atoms with E-state index in [1.807, 2.05) is 0 Å². The number of alkyl halides is 1. The fraction of sp³-hybridized carbons (Fsp3) is 0.952. The fourth-order valence-electron chi connectivity index (χ4n) is 7.71. The van der Waals surface area contributed by atoms with E-state index in [-0.39, 0.29) is 23.3 Å². The highest BCUT2D eigenvalue weighted by atomic mass is 35.5. The van der Waals surface area contributed by atoms with Crippen LogP contribution in [0.2, 0.25) is 0 Å². The highest BCUT2D eigenvalue weighted by Gasteiger charge is 2.60. The summed E-state index contributed by atoms with van der Waals surface area (Å²) in [6.45, 7) is 4.96. The summed E-state index contributed by atoms with van der Waals surface area (Å²) in [5.41, 5.74) is 0.682. The Labute approximate surface area is 157 Å². The zero-order valence-corrected chi connectivity index (χ0v) is 16.5. The lowest BCUT2D eigenvalue weighted by Gasteiger charge is -2.60. The maximum absolute atomic E-state index is 11.9. The first-order valence-corrected chi connectivity index (χ1v) is 11.0. The Kier molecular flexibility index (Phi) is 4.64. The van der Waals surface area contributed by atoms with Gasteiger partial charge in [-0.2, -0.15) is 0 Å². The molecule has 4 heteroatoms. The molecule has 0 saturated heterocycles. The fourth-order valence-corrected chi connectivity index (χ4v) is 7.78. The van der Waals surface area contributed by atoms with E-state index in [0.717, 1.165) is 42.9 Å². The van der Waals surface area contributed by atoms with Crippen molar-refractivity contribution in [1.82, 2.24) is 5.32 Å². The van der Waals surface area contributed by atoms with Gasteiger partial charge in [0.2, 0.25) is 5.91 Å². The van der Waals surface area contributed by atoms with E-state index >= 15 is 0 Å². The van der Waals surface area contributed by atoms with Crippen LogP contribution in [0.3, 0.4) is 0 Å². The van der Waals surface area contributed by atoms with Crippen molar-refractivity contribution in [3.8, 4) is 0 Å². The summed E-state index contributed by atoms with van der Waals surface area (Å²) in [7, 11) is 0. The van der Waals surface area contributed by atoms with E-state index in [2.05, 4.69) is 19.2 Å². The van der Waals surface area contributed by atoms with Gasteiger partial charge in [-0.15, -0.1) is 11.6 Å². The van der Waals surface area contributed by atoms with Crippen LogP contribution in [0.25, 0.3) is 0 Å². The van der Waals surface area contributed by atoms with Gasteiger partial charge in [0, 0.05) is 6.04 Å². The number of carbonyl (C=O) groups excluding carboxylic acids is 1. The van der Waals surface area contributed by atoms with Crippen LogP contribution in [-0.2, 0) is 4.79 Å². The lowest BCUT2D eigenvalue weighted by molar-refractivity contribution is -0.128. The van der Waals surface area contributed by atoms with Gasteiger partial charge in [-0.3, -0.25) is 4.79 Å². The van der Waals surface area contributed by atoms with Crippen LogP contribution in [0.15, 0.2) is 0 Å². The Bertz CT molecular complexity index is 540. The van der Waals surface area contributed by atoms with Gasteiger partial charge in [0.25, 0.3) is 0 Å². The largest absolute Gasteiger partial charge is 0.393 e. The van der Waals surface area contributed by atoms with Crippen molar-refractivity contribution < 1.29 is 9.90 Å². The van der Waals surface area contributed by atoms with Gasteiger partial charge in [0.05, 0.1) is 6.10 Å². The van der Waals surface area contributed by atoms with E-state index in [4.69, 9.17) is 11.6 Å². The molecule has 3 nitrogen and oxygen atoms in total. The number of nitrogens with one attached hydrogen (secondary N) is 1. The highest BCUT2D eigenvalue weighted by Crippen LogP contribution is 2.66. The van der Waals surface area contributed by atoms with Crippen LogP contribution in [-0.4, -0.2) is 29.0 Å². The number of aliphatic hydroxyl groups excluding tert-OH is 1. The Hall–Kier alpha value is -0.280. The predicted molar refractivity (Wildman–Crippen MR) is 100 cm³/mol. The number of fused-ring (bicyclic) bond motifs is 5. The lowest BCUT2D eigenvalue weighted by Crippen LogP contribution is -2.56. The molecule has 8 atom stereocenters. The summed E-state index contributed by atoms with van der Waals surface area (Å²) in [5, 5.41) is 13.4. The number of halogens is 1. The van der Waals surface area contributed by atoms with E-state index in [0.29, 0.717) is 11.5 Å². The van der Waals surface area contributed by atoms with Gasteiger partial charge < -0.3 is 10.4 Å². The molecule has 0 aromatic rings. The lowest BCUT2D eigenvalue weighted by atomic mass is 9.45. The molecule has 4 aliphatic carbocycles. The van der Waals surface area contributed by atoms with Crippen molar-refractivity contribution >= 4 is 17.5 Å². The second-order valence-corrected chi connectivity index (χ2v) is 10.2. The molecule has 4 saturated carbocycles. The molecule has 0 aromatic heterocycles. The average Bonchev–Trinajstić information content (AvgIpc) is 2.92. The molecule has 0 spiro atoms. The van der Waals surface area contributed by atoms with Crippen LogP contribution in [0.5, 0.6) is 0 Å². The van der Waals surface area contributed by atoms with Gasteiger partial charge >= 0.3 is 0 Å². The van der Waals surface area contributed by atoms with E-state index < -0.39 is 0 Å². The Morgan fingerprint density at radius 3 is 2.52 bits per heavy atom. The van der Waals surface area contributed by atoms with Crippen LogP contribution < -0.4 is 5.32 Å². The third-order valence-electron chi connectivity index (χ3n) is 9.09. The molecule has 4 fully saturated rings. The Morgan fingerprint density at radius 2 is 1.76 bits per heavy atom. The maximum atomic E-state index is 11.9. The molecule has 1 amide bonds. The summed E-state index contributed by atoms with van der Waals surface area (Å²) < 4.78 is 0. The molecule has 4 aliphatic rings. The summed E-state index contributed by atoms with van der Waals surface area (Å²) in [5.74, 6) is 3.16. The molecule has 0 aromatic carbocycles. The number of aliphatic hydroxyl groups is 1. The molecule has 0 aliphatic heterocycles. The van der Waals surface area contributed by atoms with Crippen molar-refractivity contribution in [3.05, 3.63) is 0 Å². The second kappa shape index (κ2) is 6.41. The SMILES string of the molecule is C[C@]12CC[C@H]3[C@H](CC[C@H]4C[C@@H](O)CC[C@@]43C)[C@H]1CC[C@H]2NC(=O)CCl.